The Morgan fingerprint density at radius 3 is 2.32 bits per heavy atom. The Morgan fingerprint density at radius 2 is 1.61 bits per heavy atom. The molecule has 3 aromatic rings. The number of hydrogen-bond donors (Lipinski definition) is 2. The minimum Gasteiger partial charge on any atom is -0.382 e. The molecule has 1 unspecified atom stereocenters. The second kappa shape index (κ2) is 12.3. The zero-order chi connectivity index (χ0) is 28.9. The lowest BCUT2D eigenvalue weighted by atomic mass is 9.99. The lowest BCUT2D eigenvalue weighted by Gasteiger charge is -2.42. The summed E-state index contributed by atoms with van der Waals surface area (Å²) in [6.07, 6.45) is 1.87. The zero-order valence-corrected chi connectivity index (χ0v) is 24.1. The Bertz CT molecular complexity index is 1440. The number of anilines is 3. The van der Waals surface area contributed by atoms with Gasteiger partial charge in [0.25, 0.3) is 5.91 Å². The summed E-state index contributed by atoms with van der Waals surface area (Å²) in [5.41, 5.74) is 6.36. The van der Waals surface area contributed by atoms with Crippen LogP contribution in [0.1, 0.15) is 39.9 Å². The molecule has 0 aromatic heterocycles. The van der Waals surface area contributed by atoms with E-state index in [4.69, 9.17) is 0 Å². The number of nitrogens with zero attached hydrogens (tertiary/aromatic N) is 4. The van der Waals surface area contributed by atoms with Crippen molar-refractivity contribution < 1.29 is 9.59 Å². The molecule has 0 spiro atoms. The van der Waals surface area contributed by atoms with E-state index in [0.717, 1.165) is 54.1 Å². The number of aryl methyl sites for hydroxylation is 2. The number of carbonyl (C=O) groups is 2. The molecule has 2 amide bonds. The van der Waals surface area contributed by atoms with Crippen LogP contribution in [-0.4, -0.2) is 68.6 Å². The van der Waals surface area contributed by atoms with E-state index < -0.39 is 6.04 Å². The Balaban J connectivity index is 1.28. The lowest BCUT2D eigenvalue weighted by Crippen LogP contribution is -2.60. The fourth-order valence-electron chi connectivity index (χ4n) is 6.02. The predicted octanol–water partition coefficient (Wildman–Crippen LogP) is 4.33. The molecule has 2 aliphatic heterocycles. The summed E-state index contributed by atoms with van der Waals surface area (Å²) in [6, 6.07) is 23.8. The second-order valence-corrected chi connectivity index (χ2v) is 10.9. The molecular formula is C33H38N6O2. The number of rotatable bonds is 6. The van der Waals surface area contributed by atoms with Gasteiger partial charge in [-0.3, -0.25) is 9.59 Å². The van der Waals surface area contributed by atoms with Gasteiger partial charge >= 0.3 is 0 Å². The normalized spacial score (nSPS) is 17.6. The highest BCUT2D eigenvalue weighted by Gasteiger charge is 2.35. The molecule has 41 heavy (non-hydrogen) atoms. The maximum absolute atomic E-state index is 13.9. The van der Waals surface area contributed by atoms with E-state index in [0.29, 0.717) is 30.8 Å². The number of carbonyl (C=O) groups excluding carboxylic acids is 2. The number of nitriles is 1. The van der Waals surface area contributed by atoms with E-state index in [1.807, 2.05) is 72.5 Å². The molecule has 0 saturated carbocycles. The second-order valence-electron chi connectivity index (χ2n) is 10.9. The van der Waals surface area contributed by atoms with Crippen LogP contribution in [0, 0.1) is 25.2 Å². The van der Waals surface area contributed by atoms with Gasteiger partial charge in [0.2, 0.25) is 5.91 Å². The van der Waals surface area contributed by atoms with Gasteiger partial charge in [0.05, 0.1) is 17.8 Å². The SMILES string of the molecule is CNC(=O)C1CN(C(=O)c2cc(NC3CCN(c4ccccc4C#N)CC3)c(C)cc2C)CCN1c1ccccc1. The fourth-order valence-corrected chi connectivity index (χ4v) is 6.02. The molecule has 8 heteroatoms. The molecule has 0 aliphatic carbocycles. The van der Waals surface area contributed by atoms with Gasteiger partial charge in [-0.25, -0.2) is 0 Å². The standard InChI is InChI=1S/C33H38N6O2/c1-23-19-24(2)29(36-26-13-15-37(16-14-26)30-12-8-7-9-25(30)21-34)20-28(23)33(41)38-17-18-39(27-10-5-4-6-11-27)31(22-38)32(40)35-3/h4-12,19-20,26,31,36H,13-18,22H2,1-3H3,(H,35,40). The molecular weight excluding hydrogens is 512 g/mol. The first-order valence-corrected chi connectivity index (χ1v) is 14.3. The molecule has 1 atom stereocenters. The summed E-state index contributed by atoms with van der Waals surface area (Å²) in [7, 11) is 1.64. The van der Waals surface area contributed by atoms with Crippen LogP contribution in [0.25, 0.3) is 0 Å². The van der Waals surface area contributed by atoms with Gasteiger partial charge in [-0.15, -0.1) is 0 Å². The van der Waals surface area contributed by atoms with Gasteiger partial charge in [0.1, 0.15) is 12.1 Å². The van der Waals surface area contributed by atoms with Crippen molar-refractivity contribution in [2.75, 3.05) is 54.9 Å². The first-order chi connectivity index (χ1) is 19.9. The molecule has 2 aliphatic rings. The van der Waals surface area contributed by atoms with Gasteiger partial charge in [-0.05, 0) is 68.1 Å². The minimum atomic E-state index is -0.459. The van der Waals surface area contributed by atoms with Crippen LogP contribution in [0.4, 0.5) is 17.1 Å². The average molecular weight is 551 g/mol. The highest BCUT2D eigenvalue weighted by atomic mass is 16.2. The number of amides is 2. The number of hydrogen-bond acceptors (Lipinski definition) is 6. The van der Waals surface area contributed by atoms with E-state index >= 15 is 0 Å². The van der Waals surface area contributed by atoms with Crippen molar-refractivity contribution >= 4 is 28.9 Å². The zero-order valence-electron chi connectivity index (χ0n) is 24.1. The number of nitrogens with one attached hydrogen (secondary N) is 2. The average Bonchev–Trinajstić information content (AvgIpc) is 3.02. The smallest absolute Gasteiger partial charge is 0.254 e. The van der Waals surface area contributed by atoms with Crippen molar-refractivity contribution in [3.05, 3.63) is 89.0 Å². The molecule has 3 aromatic carbocycles. The molecule has 0 bridgehead atoms. The predicted molar refractivity (Wildman–Crippen MR) is 163 cm³/mol. The quantitative estimate of drug-likeness (QED) is 0.475. The Morgan fingerprint density at radius 1 is 0.902 bits per heavy atom. The maximum Gasteiger partial charge on any atom is 0.254 e. The maximum atomic E-state index is 13.9. The molecule has 2 N–H and O–H groups in total. The number of benzene rings is 3. The van der Waals surface area contributed by atoms with E-state index in [1.165, 1.54) is 0 Å². The van der Waals surface area contributed by atoms with E-state index in [-0.39, 0.29) is 17.9 Å². The highest BCUT2D eigenvalue weighted by Crippen LogP contribution is 2.29. The van der Waals surface area contributed by atoms with E-state index in [2.05, 4.69) is 39.5 Å². The number of para-hydroxylation sites is 2. The summed E-state index contributed by atoms with van der Waals surface area (Å²) < 4.78 is 0. The molecule has 8 nitrogen and oxygen atoms in total. The Kier molecular flexibility index (Phi) is 8.44. The van der Waals surface area contributed by atoms with Crippen LogP contribution in [0.15, 0.2) is 66.7 Å². The van der Waals surface area contributed by atoms with Crippen molar-refractivity contribution in [2.45, 2.75) is 38.8 Å². The van der Waals surface area contributed by atoms with Crippen LogP contribution < -0.4 is 20.4 Å². The third kappa shape index (κ3) is 5.99. The van der Waals surface area contributed by atoms with Gasteiger partial charge in [0, 0.05) is 56.2 Å². The molecule has 5 rings (SSSR count). The van der Waals surface area contributed by atoms with Crippen molar-refractivity contribution in [3.63, 3.8) is 0 Å². The van der Waals surface area contributed by atoms with Crippen molar-refractivity contribution in [1.29, 1.82) is 5.26 Å². The van der Waals surface area contributed by atoms with Crippen LogP contribution in [0.2, 0.25) is 0 Å². The molecule has 212 valence electrons. The summed E-state index contributed by atoms with van der Waals surface area (Å²) in [4.78, 5) is 32.9. The molecule has 0 radical (unpaired) electrons. The van der Waals surface area contributed by atoms with E-state index in [1.54, 1.807) is 7.05 Å². The molecule has 2 heterocycles. The third-order valence-electron chi connectivity index (χ3n) is 8.33. The summed E-state index contributed by atoms with van der Waals surface area (Å²) >= 11 is 0. The Hall–Kier alpha value is -4.51. The summed E-state index contributed by atoms with van der Waals surface area (Å²) in [5, 5.41) is 16.0. The third-order valence-corrected chi connectivity index (χ3v) is 8.33. The van der Waals surface area contributed by atoms with Crippen molar-refractivity contribution in [2.24, 2.45) is 0 Å². The van der Waals surface area contributed by atoms with Crippen LogP contribution in [0.3, 0.4) is 0 Å². The highest BCUT2D eigenvalue weighted by molar-refractivity contribution is 5.98. The van der Waals surface area contributed by atoms with E-state index in [9.17, 15) is 14.9 Å². The first kappa shape index (κ1) is 28.0. The fraction of sp³-hybridized carbons (Fsp3) is 0.364. The lowest BCUT2D eigenvalue weighted by molar-refractivity contribution is -0.122. The van der Waals surface area contributed by atoms with Crippen LogP contribution in [0.5, 0.6) is 0 Å². The topological polar surface area (TPSA) is 91.7 Å². The van der Waals surface area contributed by atoms with Crippen molar-refractivity contribution in [3.8, 4) is 6.07 Å². The minimum absolute atomic E-state index is 0.0462. The Labute approximate surface area is 242 Å². The number of piperazine rings is 1. The number of piperidine rings is 1. The van der Waals surface area contributed by atoms with Crippen molar-refractivity contribution in [1.82, 2.24) is 10.2 Å². The largest absolute Gasteiger partial charge is 0.382 e. The van der Waals surface area contributed by atoms with Crippen LogP contribution in [-0.2, 0) is 4.79 Å². The van der Waals surface area contributed by atoms with Gasteiger partial charge < -0.3 is 25.3 Å². The summed E-state index contributed by atoms with van der Waals surface area (Å²) in [6.45, 7) is 7.22. The first-order valence-electron chi connectivity index (χ1n) is 14.3. The van der Waals surface area contributed by atoms with Gasteiger partial charge in [0.15, 0.2) is 0 Å². The monoisotopic (exact) mass is 550 g/mol. The van der Waals surface area contributed by atoms with Gasteiger partial charge in [-0.1, -0.05) is 36.4 Å². The molecule has 2 saturated heterocycles. The van der Waals surface area contributed by atoms with Gasteiger partial charge in [-0.2, -0.15) is 5.26 Å². The summed E-state index contributed by atoms with van der Waals surface area (Å²) in [5.74, 6) is -0.145. The number of likely N-dealkylation sites (N-methyl/N-ethyl adjacent to an activating group) is 1. The molecule has 2 fully saturated rings. The van der Waals surface area contributed by atoms with Crippen LogP contribution >= 0.6 is 0 Å².